The third-order valence-corrected chi connectivity index (χ3v) is 9.95. The number of urea groups is 1. The lowest BCUT2D eigenvalue weighted by molar-refractivity contribution is -0.137. The van der Waals surface area contributed by atoms with E-state index in [1.807, 2.05) is 26.0 Å². The van der Waals surface area contributed by atoms with Gasteiger partial charge in [-0.25, -0.2) is 9.59 Å². The summed E-state index contributed by atoms with van der Waals surface area (Å²) in [6.07, 6.45) is -1.19. The van der Waals surface area contributed by atoms with Crippen molar-refractivity contribution in [2.75, 3.05) is 26.4 Å². The molecule has 12 heteroatoms. The number of nitrogens with zero attached hydrogens (tertiary/aromatic N) is 2. The number of imide groups is 1. The van der Waals surface area contributed by atoms with Gasteiger partial charge in [0.05, 0.1) is 6.54 Å². The zero-order chi connectivity index (χ0) is 31.6. The Hall–Kier alpha value is -3.90. The Kier molecular flexibility index (Phi) is 9.21. The average molecular weight is 611 g/mol. The van der Waals surface area contributed by atoms with Crippen LogP contribution in [0.1, 0.15) is 35.6 Å². The van der Waals surface area contributed by atoms with Crippen molar-refractivity contribution >= 4 is 32.0 Å². The van der Waals surface area contributed by atoms with Gasteiger partial charge in [0, 0.05) is 27.6 Å². The van der Waals surface area contributed by atoms with Gasteiger partial charge < -0.3 is 24.8 Å². The first kappa shape index (κ1) is 32.0. The van der Waals surface area contributed by atoms with Crippen molar-refractivity contribution in [2.45, 2.75) is 70.6 Å². The third kappa shape index (κ3) is 7.02. The lowest BCUT2D eigenvalue weighted by atomic mass is 9.88. The summed E-state index contributed by atoms with van der Waals surface area (Å²) in [4.78, 5) is 54.2. The van der Waals surface area contributed by atoms with E-state index in [2.05, 4.69) is 36.3 Å². The second kappa shape index (κ2) is 12.4. The summed E-state index contributed by atoms with van der Waals surface area (Å²) < 4.78 is 11.8. The molecule has 2 aromatic carbocycles. The summed E-state index contributed by atoms with van der Waals surface area (Å²) in [5.74, 6) is -0.448. The molecule has 0 bridgehead atoms. The van der Waals surface area contributed by atoms with E-state index in [-0.39, 0.29) is 26.2 Å². The average Bonchev–Trinajstić information content (AvgIpc) is 3.33. The van der Waals surface area contributed by atoms with Gasteiger partial charge in [-0.15, -0.1) is 0 Å². The fraction of sp³-hybridized carbons (Fsp3) is 0.484. The van der Waals surface area contributed by atoms with Crippen LogP contribution in [-0.2, 0) is 26.5 Å². The van der Waals surface area contributed by atoms with Gasteiger partial charge in [-0.1, -0.05) is 55.5 Å². The number of benzene rings is 2. The number of rotatable bonds is 12. The molecule has 2 atom stereocenters. The van der Waals surface area contributed by atoms with E-state index in [1.165, 1.54) is 9.80 Å². The summed E-state index contributed by atoms with van der Waals surface area (Å²) in [6, 6.07) is 13.3. The minimum Gasteiger partial charge on any atom is -0.489 e. The molecule has 2 unspecified atom stereocenters. The second-order valence-corrected chi connectivity index (χ2v) is 18.5. The number of nitrogens with one attached hydrogen (secondary N) is 2. The predicted molar refractivity (Wildman–Crippen MR) is 163 cm³/mol. The number of carboxylic acid groups (broad SMARTS) is 1. The first-order valence-electron chi connectivity index (χ1n) is 14.5. The molecule has 2 aromatic rings. The van der Waals surface area contributed by atoms with Crippen molar-refractivity contribution in [3.63, 3.8) is 0 Å². The van der Waals surface area contributed by atoms with Gasteiger partial charge in [-0.05, 0) is 55.6 Å². The molecule has 4 rings (SSSR count). The molecule has 11 nitrogen and oxygen atoms in total. The first-order chi connectivity index (χ1) is 20.1. The van der Waals surface area contributed by atoms with Crippen molar-refractivity contribution in [1.82, 2.24) is 20.4 Å². The van der Waals surface area contributed by atoms with Crippen molar-refractivity contribution in [3.05, 3.63) is 64.7 Å². The van der Waals surface area contributed by atoms with Crippen LogP contribution < -0.4 is 15.4 Å². The lowest BCUT2D eigenvalue weighted by Crippen LogP contribution is -2.58. The molecule has 3 N–H and O–H groups in total. The molecular weight excluding hydrogens is 568 g/mol. The number of amides is 5. The van der Waals surface area contributed by atoms with Crippen molar-refractivity contribution in [1.29, 1.82) is 0 Å². The van der Waals surface area contributed by atoms with Crippen molar-refractivity contribution in [2.24, 2.45) is 0 Å². The molecule has 5 amide bonds. The molecule has 0 spiro atoms. The summed E-state index contributed by atoms with van der Waals surface area (Å²) in [6.45, 7) is 13.1. The van der Waals surface area contributed by atoms with Crippen LogP contribution in [0.4, 0.5) is 9.59 Å². The van der Waals surface area contributed by atoms with Crippen LogP contribution in [0.25, 0.3) is 0 Å². The largest absolute Gasteiger partial charge is 0.489 e. The Labute approximate surface area is 253 Å². The van der Waals surface area contributed by atoms with Crippen LogP contribution in [0.2, 0.25) is 25.7 Å². The molecule has 2 fully saturated rings. The number of likely N-dealkylation sites (tertiary alicyclic amines) is 1. The van der Waals surface area contributed by atoms with Crippen molar-refractivity contribution in [3.8, 4) is 5.75 Å². The fourth-order valence-electron chi connectivity index (χ4n) is 5.43. The van der Waals surface area contributed by atoms with Gasteiger partial charge in [-0.3, -0.25) is 19.8 Å². The summed E-state index contributed by atoms with van der Waals surface area (Å²) in [5, 5.41) is 14.5. The Balaban J connectivity index is 1.49. The summed E-state index contributed by atoms with van der Waals surface area (Å²) >= 11 is 0. The van der Waals surface area contributed by atoms with Crippen LogP contribution >= 0.6 is 0 Å². The van der Waals surface area contributed by atoms with E-state index >= 15 is 0 Å². The number of hydrogen-bond donors (Lipinski definition) is 3. The second-order valence-electron chi connectivity index (χ2n) is 12.9. The van der Waals surface area contributed by atoms with Crippen LogP contribution in [0.3, 0.4) is 0 Å². The summed E-state index contributed by atoms with van der Waals surface area (Å²) in [5.41, 5.74) is 0.851. The quantitative estimate of drug-likeness (QED) is 0.186. The van der Waals surface area contributed by atoms with Crippen LogP contribution in [0, 0.1) is 13.8 Å². The molecule has 0 saturated carbocycles. The smallest absolute Gasteiger partial charge is 0.405 e. The van der Waals surface area contributed by atoms with Gasteiger partial charge >= 0.3 is 12.1 Å². The Morgan fingerprint density at radius 2 is 1.79 bits per heavy atom. The lowest BCUT2D eigenvalue weighted by Gasteiger charge is -2.36. The standard InChI is InChI=1S/C31H42N4O7Si/c1-21-7-8-22(2)23(17-21)18-42-25-11-9-24(10-12-25)31(33-29(39)40)13-14-34(27(31)37)19-30(3)26(36)32-28(38)35(30)20-41-15-16-43(4,5)6/h7-12,17,33H,13-16,18-20H2,1-6H3,(H,39,40)(H,32,36,38). The highest BCUT2D eigenvalue weighted by atomic mass is 28.3. The fourth-order valence-corrected chi connectivity index (χ4v) is 6.19. The van der Waals surface area contributed by atoms with Gasteiger partial charge in [0.1, 0.15) is 30.2 Å². The Morgan fingerprint density at radius 3 is 2.44 bits per heavy atom. The SMILES string of the molecule is Cc1ccc(C)c(COc2ccc(C3(NC(=O)O)CCN(CC4(C)C(=O)NC(=O)N4COCC[Si](C)(C)C)C3=O)cc2)c1. The molecule has 2 aliphatic heterocycles. The number of ether oxygens (including phenoxy) is 2. The van der Waals surface area contributed by atoms with E-state index in [0.29, 0.717) is 24.5 Å². The third-order valence-electron chi connectivity index (χ3n) is 8.24. The van der Waals surface area contributed by atoms with E-state index in [9.17, 15) is 24.3 Å². The molecule has 232 valence electrons. The number of carbonyl (C=O) groups is 4. The van der Waals surface area contributed by atoms with Crippen LogP contribution in [0.15, 0.2) is 42.5 Å². The minimum absolute atomic E-state index is 0.0946. The maximum Gasteiger partial charge on any atom is 0.405 e. The molecule has 2 aliphatic rings. The van der Waals surface area contributed by atoms with Crippen molar-refractivity contribution < 1.29 is 33.8 Å². The molecule has 43 heavy (non-hydrogen) atoms. The molecular formula is C31H42N4O7Si. The van der Waals surface area contributed by atoms with E-state index in [4.69, 9.17) is 9.47 Å². The molecule has 0 radical (unpaired) electrons. The topological polar surface area (TPSA) is 138 Å². The van der Waals surface area contributed by atoms with E-state index < -0.39 is 43.1 Å². The number of aryl methyl sites for hydroxylation is 2. The molecule has 0 aromatic heterocycles. The van der Waals surface area contributed by atoms with Gasteiger partial charge in [0.25, 0.3) is 11.8 Å². The Bertz CT molecular complexity index is 1390. The highest BCUT2D eigenvalue weighted by molar-refractivity contribution is 6.76. The number of carbonyl (C=O) groups excluding carboxylic acids is 3. The van der Waals surface area contributed by atoms with E-state index in [1.54, 1.807) is 31.2 Å². The van der Waals surface area contributed by atoms with Gasteiger partial charge in [0.15, 0.2) is 0 Å². The maximum atomic E-state index is 13.9. The zero-order valence-corrected chi connectivity index (χ0v) is 26.8. The summed E-state index contributed by atoms with van der Waals surface area (Å²) in [7, 11) is -1.36. The monoisotopic (exact) mass is 610 g/mol. The van der Waals surface area contributed by atoms with Crippen LogP contribution in [-0.4, -0.2) is 78.9 Å². The highest BCUT2D eigenvalue weighted by Crippen LogP contribution is 2.36. The first-order valence-corrected chi connectivity index (χ1v) is 18.2. The van der Waals surface area contributed by atoms with Crippen LogP contribution in [0.5, 0.6) is 5.75 Å². The van der Waals surface area contributed by atoms with Gasteiger partial charge in [-0.2, -0.15) is 0 Å². The molecule has 2 saturated heterocycles. The van der Waals surface area contributed by atoms with Gasteiger partial charge in [0.2, 0.25) is 0 Å². The predicted octanol–water partition coefficient (Wildman–Crippen LogP) is 4.20. The number of hydrogen-bond acceptors (Lipinski definition) is 6. The maximum absolute atomic E-state index is 13.9. The zero-order valence-electron chi connectivity index (χ0n) is 25.8. The Morgan fingerprint density at radius 1 is 1.09 bits per heavy atom. The van der Waals surface area contributed by atoms with E-state index in [0.717, 1.165) is 22.7 Å². The highest BCUT2D eigenvalue weighted by Gasteiger charge is 2.55. The normalized spacial score (nSPS) is 22.2. The molecule has 0 aliphatic carbocycles. The minimum atomic E-state index is -1.55. The molecule has 2 heterocycles.